The van der Waals surface area contributed by atoms with Gasteiger partial charge in [0.05, 0.1) is 6.54 Å². The minimum Gasteiger partial charge on any atom is -0.485 e. The lowest BCUT2D eigenvalue weighted by Crippen LogP contribution is -2.36. The molecular weight excluding hydrogens is 257 g/mol. The number of halogens is 1. The van der Waals surface area contributed by atoms with E-state index in [9.17, 15) is 4.39 Å². The van der Waals surface area contributed by atoms with Gasteiger partial charge in [0.15, 0.2) is 17.5 Å². The summed E-state index contributed by atoms with van der Waals surface area (Å²) >= 11 is 0. The van der Waals surface area contributed by atoms with Crippen LogP contribution in [0, 0.1) is 5.82 Å². The first-order chi connectivity index (χ1) is 9.61. The maximum atomic E-state index is 13.5. The Morgan fingerprint density at radius 2 is 2.20 bits per heavy atom. The topological polar surface area (TPSA) is 50.8 Å². The number of para-hydroxylation sites is 1. The lowest BCUT2D eigenvalue weighted by atomic mass is 10.2. The predicted molar refractivity (Wildman–Crippen MR) is 78.4 cm³/mol. The van der Waals surface area contributed by atoms with Crippen molar-refractivity contribution in [2.24, 2.45) is 10.7 Å². The SMILES string of the molecule is CCC(CN=C(N)N(C)C1CC1)Oc1ccccc1F. The van der Waals surface area contributed by atoms with Crippen molar-refractivity contribution < 1.29 is 9.13 Å². The Bertz CT molecular complexity index is 474. The van der Waals surface area contributed by atoms with Gasteiger partial charge in [-0.15, -0.1) is 0 Å². The normalized spacial score (nSPS) is 16.9. The fourth-order valence-electron chi connectivity index (χ4n) is 1.93. The van der Waals surface area contributed by atoms with Crippen molar-refractivity contribution in [1.29, 1.82) is 0 Å². The molecule has 1 unspecified atom stereocenters. The molecule has 1 aromatic rings. The van der Waals surface area contributed by atoms with Crippen LogP contribution >= 0.6 is 0 Å². The largest absolute Gasteiger partial charge is 0.485 e. The molecule has 2 N–H and O–H groups in total. The summed E-state index contributed by atoms with van der Waals surface area (Å²) in [6, 6.07) is 6.95. The molecule has 0 amide bonds. The van der Waals surface area contributed by atoms with Crippen molar-refractivity contribution in [1.82, 2.24) is 4.90 Å². The second-order valence-corrected chi connectivity index (χ2v) is 5.12. The molecule has 1 atom stereocenters. The van der Waals surface area contributed by atoms with Crippen LogP contribution in [0.3, 0.4) is 0 Å². The second kappa shape index (κ2) is 6.59. The first kappa shape index (κ1) is 14.6. The lowest BCUT2D eigenvalue weighted by Gasteiger charge is -2.19. The average molecular weight is 279 g/mol. The number of ether oxygens (including phenoxy) is 1. The van der Waals surface area contributed by atoms with Gasteiger partial charge in [-0.1, -0.05) is 19.1 Å². The van der Waals surface area contributed by atoms with Crippen LogP contribution in [0.2, 0.25) is 0 Å². The zero-order valence-electron chi connectivity index (χ0n) is 12.1. The van der Waals surface area contributed by atoms with Crippen molar-refractivity contribution >= 4 is 5.96 Å². The van der Waals surface area contributed by atoms with E-state index >= 15 is 0 Å². The Morgan fingerprint density at radius 1 is 1.50 bits per heavy atom. The highest BCUT2D eigenvalue weighted by molar-refractivity contribution is 5.78. The Hall–Kier alpha value is -1.78. The zero-order chi connectivity index (χ0) is 14.5. The fraction of sp³-hybridized carbons (Fsp3) is 0.533. The summed E-state index contributed by atoms with van der Waals surface area (Å²) in [6.07, 6.45) is 2.93. The molecule has 0 radical (unpaired) electrons. The van der Waals surface area contributed by atoms with E-state index < -0.39 is 0 Å². The molecule has 1 fully saturated rings. The molecular formula is C15H22FN3O. The molecule has 1 aliphatic rings. The molecule has 1 aromatic carbocycles. The van der Waals surface area contributed by atoms with Crippen LogP contribution in [0.5, 0.6) is 5.75 Å². The highest BCUT2D eigenvalue weighted by Gasteiger charge is 2.27. The molecule has 2 rings (SSSR count). The van der Waals surface area contributed by atoms with Gasteiger partial charge in [0.2, 0.25) is 0 Å². The molecule has 0 aliphatic heterocycles. The van der Waals surface area contributed by atoms with E-state index in [1.807, 2.05) is 18.9 Å². The number of hydrogen-bond acceptors (Lipinski definition) is 2. The molecule has 0 bridgehead atoms. The lowest BCUT2D eigenvalue weighted by molar-refractivity contribution is 0.196. The molecule has 110 valence electrons. The quantitative estimate of drug-likeness (QED) is 0.642. The Balaban J connectivity index is 1.92. The van der Waals surface area contributed by atoms with Crippen LogP contribution in [0.4, 0.5) is 4.39 Å². The number of hydrogen-bond donors (Lipinski definition) is 1. The molecule has 0 heterocycles. The number of benzene rings is 1. The molecule has 0 aromatic heterocycles. The van der Waals surface area contributed by atoms with Gasteiger partial charge in [-0.25, -0.2) is 9.38 Å². The maximum absolute atomic E-state index is 13.5. The van der Waals surface area contributed by atoms with E-state index in [2.05, 4.69) is 4.99 Å². The van der Waals surface area contributed by atoms with Crippen LogP contribution in [0.25, 0.3) is 0 Å². The summed E-state index contributed by atoms with van der Waals surface area (Å²) < 4.78 is 19.2. The van der Waals surface area contributed by atoms with Gasteiger partial charge in [-0.05, 0) is 31.4 Å². The van der Waals surface area contributed by atoms with Gasteiger partial charge in [0, 0.05) is 13.1 Å². The van der Waals surface area contributed by atoms with Crippen molar-refractivity contribution in [3.05, 3.63) is 30.1 Å². The van der Waals surface area contributed by atoms with E-state index in [4.69, 9.17) is 10.5 Å². The second-order valence-electron chi connectivity index (χ2n) is 5.12. The van der Waals surface area contributed by atoms with Gasteiger partial charge in [0.1, 0.15) is 6.10 Å². The molecule has 0 saturated heterocycles. The van der Waals surface area contributed by atoms with Crippen LogP contribution in [0.1, 0.15) is 26.2 Å². The maximum Gasteiger partial charge on any atom is 0.191 e. The molecule has 4 nitrogen and oxygen atoms in total. The third-order valence-electron chi connectivity index (χ3n) is 3.50. The fourth-order valence-corrected chi connectivity index (χ4v) is 1.93. The molecule has 20 heavy (non-hydrogen) atoms. The number of aliphatic imine (C=N–C) groups is 1. The summed E-state index contributed by atoms with van der Waals surface area (Å²) in [4.78, 5) is 6.35. The molecule has 5 heteroatoms. The van der Waals surface area contributed by atoms with Crippen LogP contribution in [0.15, 0.2) is 29.3 Å². The van der Waals surface area contributed by atoms with Gasteiger partial charge < -0.3 is 15.4 Å². The van der Waals surface area contributed by atoms with Crippen molar-refractivity contribution in [2.45, 2.75) is 38.3 Å². The van der Waals surface area contributed by atoms with E-state index in [0.717, 1.165) is 6.42 Å². The molecule has 1 aliphatic carbocycles. The molecule has 0 spiro atoms. The minimum absolute atomic E-state index is 0.168. The van der Waals surface area contributed by atoms with E-state index in [-0.39, 0.29) is 17.7 Å². The number of rotatable bonds is 6. The summed E-state index contributed by atoms with van der Waals surface area (Å²) in [5.41, 5.74) is 5.93. The summed E-state index contributed by atoms with van der Waals surface area (Å²) in [7, 11) is 1.95. The van der Waals surface area contributed by atoms with Gasteiger partial charge in [-0.2, -0.15) is 0 Å². The highest BCUT2D eigenvalue weighted by Crippen LogP contribution is 2.25. The number of guanidine groups is 1. The molecule has 1 saturated carbocycles. The predicted octanol–water partition coefficient (Wildman–Crippen LogP) is 2.39. The smallest absolute Gasteiger partial charge is 0.191 e. The van der Waals surface area contributed by atoms with Gasteiger partial charge in [0.25, 0.3) is 0 Å². The number of nitrogens with zero attached hydrogens (tertiary/aromatic N) is 2. The third-order valence-corrected chi connectivity index (χ3v) is 3.50. The van der Waals surface area contributed by atoms with Gasteiger partial charge in [-0.3, -0.25) is 0 Å². The Labute approximate surface area is 119 Å². The first-order valence-electron chi connectivity index (χ1n) is 7.05. The Morgan fingerprint density at radius 3 is 2.80 bits per heavy atom. The van der Waals surface area contributed by atoms with Crippen LogP contribution in [-0.2, 0) is 0 Å². The average Bonchev–Trinajstić information content (AvgIpc) is 3.28. The summed E-state index contributed by atoms with van der Waals surface area (Å²) in [6.45, 7) is 2.43. The van der Waals surface area contributed by atoms with Crippen molar-refractivity contribution in [3.63, 3.8) is 0 Å². The minimum atomic E-state index is -0.349. The van der Waals surface area contributed by atoms with E-state index in [0.29, 0.717) is 18.5 Å². The van der Waals surface area contributed by atoms with Crippen LogP contribution in [-0.4, -0.2) is 36.6 Å². The first-order valence-corrected chi connectivity index (χ1v) is 7.05. The van der Waals surface area contributed by atoms with Crippen LogP contribution < -0.4 is 10.5 Å². The van der Waals surface area contributed by atoms with Crippen molar-refractivity contribution in [2.75, 3.05) is 13.6 Å². The van der Waals surface area contributed by atoms with E-state index in [1.165, 1.54) is 18.9 Å². The van der Waals surface area contributed by atoms with Crippen molar-refractivity contribution in [3.8, 4) is 5.75 Å². The standard InChI is InChI=1S/C15H22FN3O/c1-3-12(20-14-7-5-4-6-13(14)16)10-18-15(17)19(2)11-8-9-11/h4-7,11-12H,3,8-10H2,1-2H3,(H2,17,18). The summed E-state index contributed by atoms with van der Waals surface area (Å²) in [5.74, 6) is 0.449. The van der Waals surface area contributed by atoms with Gasteiger partial charge >= 0.3 is 0 Å². The number of nitrogens with two attached hydrogens (primary N) is 1. The zero-order valence-corrected chi connectivity index (χ0v) is 12.1. The highest BCUT2D eigenvalue weighted by atomic mass is 19.1. The summed E-state index contributed by atoms with van der Waals surface area (Å²) in [5, 5.41) is 0. The monoisotopic (exact) mass is 279 g/mol. The third kappa shape index (κ3) is 3.85. The Kier molecular flexibility index (Phi) is 4.82. The van der Waals surface area contributed by atoms with E-state index in [1.54, 1.807) is 18.2 Å².